The Kier molecular flexibility index (Phi) is 2.77. The quantitative estimate of drug-likeness (QED) is 0.315. The SMILES string of the molecule is NO[C@H]1C(O)[C@H](O)CO[C@H]1O. The lowest BCUT2D eigenvalue weighted by Gasteiger charge is -2.33. The molecule has 5 N–H and O–H groups in total. The largest absolute Gasteiger partial charge is 0.388 e. The lowest BCUT2D eigenvalue weighted by molar-refractivity contribution is -0.266. The molecule has 1 heterocycles. The topological polar surface area (TPSA) is 105 Å². The monoisotopic (exact) mass is 165 g/mol. The highest BCUT2D eigenvalue weighted by Gasteiger charge is 2.38. The van der Waals surface area contributed by atoms with Gasteiger partial charge in [-0.15, -0.1) is 0 Å². The smallest absolute Gasteiger partial charge is 0.185 e. The maximum absolute atomic E-state index is 9.11. The van der Waals surface area contributed by atoms with Crippen molar-refractivity contribution in [1.29, 1.82) is 0 Å². The molecule has 1 fully saturated rings. The third kappa shape index (κ3) is 1.67. The molecule has 0 aliphatic carbocycles. The van der Waals surface area contributed by atoms with Crippen LogP contribution in [0.3, 0.4) is 0 Å². The number of aliphatic hydroxyl groups is 3. The first-order chi connectivity index (χ1) is 5.16. The van der Waals surface area contributed by atoms with Gasteiger partial charge in [-0.1, -0.05) is 0 Å². The number of rotatable bonds is 1. The van der Waals surface area contributed by atoms with E-state index in [1.165, 1.54) is 0 Å². The molecule has 0 saturated carbocycles. The second-order valence-corrected chi connectivity index (χ2v) is 2.38. The molecule has 0 bridgehead atoms. The second-order valence-electron chi connectivity index (χ2n) is 2.38. The number of ether oxygens (including phenoxy) is 1. The van der Waals surface area contributed by atoms with E-state index in [2.05, 4.69) is 9.57 Å². The fraction of sp³-hybridized carbons (Fsp3) is 1.00. The Bertz CT molecular complexity index is 132. The third-order valence-electron chi connectivity index (χ3n) is 1.61. The molecule has 0 spiro atoms. The minimum atomic E-state index is -1.28. The van der Waals surface area contributed by atoms with Crippen molar-refractivity contribution in [3.05, 3.63) is 0 Å². The van der Waals surface area contributed by atoms with E-state index in [4.69, 9.17) is 21.2 Å². The zero-order valence-electron chi connectivity index (χ0n) is 5.75. The lowest BCUT2D eigenvalue weighted by atomic mass is 10.1. The fourth-order valence-electron chi connectivity index (χ4n) is 0.926. The Morgan fingerprint density at radius 1 is 1.36 bits per heavy atom. The summed E-state index contributed by atoms with van der Waals surface area (Å²) < 4.78 is 4.60. The molecule has 1 unspecified atom stereocenters. The lowest BCUT2D eigenvalue weighted by Crippen LogP contribution is -2.54. The molecule has 0 amide bonds. The van der Waals surface area contributed by atoms with Crippen molar-refractivity contribution in [1.82, 2.24) is 0 Å². The van der Waals surface area contributed by atoms with Gasteiger partial charge in [-0.25, -0.2) is 5.90 Å². The van der Waals surface area contributed by atoms with Crippen LogP contribution in [0.25, 0.3) is 0 Å². The van der Waals surface area contributed by atoms with Crippen molar-refractivity contribution in [2.24, 2.45) is 5.90 Å². The molecule has 6 heteroatoms. The molecule has 0 aromatic heterocycles. The van der Waals surface area contributed by atoms with Crippen LogP contribution in [0.5, 0.6) is 0 Å². The highest BCUT2D eigenvalue weighted by Crippen LogP contribution is 2.15. The summed E-state index contributed by atoms with van der Waals surface area (Å²) in [4.78, 5) is 4.20. The van der Waals surface area contributed by atoms with Crippen LogP contribution < -0.4 is 5.90 Å². The summed E-state index contributed by atoms with van der Waals surface area (Å²) in [6.45, 7) is -0.123. The van der Waals surface area contributed by atoms with Gasteiger partial charge in [0.1, 0.15) is 12.2 Å². The van der Waals surface area contributed by atoms with Crippen molar-refractivity contribution in [3.63, 3.8) is 0 Å². The van der Waals surface area contributed by atoms with Gasteiger partial charge in [-0.3, -0.25) is 4.84 Å². The van der Waals surface area contributed by atoms with E-state index < -0.39 is 24.6 Å². The first kappa shape index (κ1) is 8.85. The molecule has 1 aliphatic heterocycles. The van der Waals surface area contributed by atoms with Gasteiger partial charge in [0.15, 0.2) is 12.4 Å². The van der Waals surface area contributed by atoms with Gasteiger partial charge >= 0.3 is 0 Å². The van der Waals surface area contributed by atoms with E-state index in [0.717, 1.165) is 0 Å². The Hall–Kier alpha value is -0.240. The van der Waals surface area contributed by atoms with Crippen molar-refractivity contribution in [3.8, 4) is 0 Å². The van der Waals surface area contributed by atoms with Crippen molar-refractivity contribution < 1.29 is 24.9 Å². The molecule has 1 aliphatic rings. The first-order valence-corrected chi connectivity index (χ1v) is 3.18. The molecular weight excluding hydrogens is 154 g/mol. The highest BCUT2D eigenvalue weighted by molar-refractivity contribution is 4.82. The summed E-state index contributed by atoms with van der Waals surface area (Å²) in [5, 5.41) is 27.0. The van der Waals surface area contributed by atoms with Crippen molar-refractivity contribution >= 4 is 0 Å². The van der Waals surface area contributed by atoms with Gasteiger partial charge in [-0.2, -0.15) is 0 Å². The molecule has 1 saturated heterocycles. The van der Waals surface area contributed by atoms with E-state index in [1.54, 1.807) is 0 Å². The highest BCUT2D eigenvalue weighted by atomic mass is 16.7. The van der Waals surface area contributed by atoms with Gasteiger partial charge < -0.3 is 20.1 Å². The average Bonchev–Trinajstić information content (AvgIpc) is 1.99. The minimum absolute atomic E-state index is 0.123. The number of hydrogen-bond acceptors (Lipinski definition) is 6. The number of hydrogen-bond donors (Lipinski definition) is 4. The standard InChI is InChI=1S/C5H11NO5/c6-11-4-3(8)2(7)1-10-5(4)9/h2-5,7-9H,1,6H2/t2-,3?,4+,5-/m1/s1. The average molecular weight is 165 g/mol. The van der Waals surface area contributed by atoms with E-state index in [1.807, 2.05) is 0 Å². The molecule has 11 heavy (non-hydrogen) atoms. The Balaban J connectivity index is 2.55. The molecule has 0 aromatic carbocycles. The van der Waals surface area contributed by atoms with E-state index >= 15 is 0 Å². The van der Waals surface area contributed by atoms with E-state index in [0.29, 0.717) is 0 Å². The van der Waals surface area contributed by atoms with Gasteiger partial charge in [0, 0.05) is 0 Å². The molecule has 1 rings (SSSR count). The summed E-state index contributed by atoms with van der Waals surface area (Å²) in [7, 11) is 0. The van der Waals surface area contributed by atoms with Crippen LogP contribution >= 0.6 is 0 Å². The van der Waals surface area contributed by atoms with Crippen LogP contribution in [0, 0.1) is 0 Å². The second kappa shape index (κ2) is 3.44. The fourth-order valence-corrected chi connectivity index (χ4v) is 0.926. The summed E-state index contributed by atoms with van der Waals surface area (Å²) in [6.07, 6.45) is -4.63. The predicted octanol–water partition coefficient (Wildman–Crippen LogP) is -2.68. The molecule has 66 valence electrons. The van der Waals surface area contributed by atoms with Crippen LogP contribution in [0.4, 0.5) is 0 Å². The minimum Gasteiger partial charge on any atom is -0.388 e. The number of nitrogens with two attached hydrogens (primary N) is 1. The van der Waals surface area contributed by atoms with Crippen molar-refractivity contribution in [2.75, 3.05) is 6.61 Å². The Morgan fingerprint density at radius 2 is 2.00 bits per heavy atom. The zero-order valence-corrected chi connectivity index (χ0v) is 5.75. The molecule has 6 nitrogen and oxygen atoms in total. The van der Waals surface area contributed by atoms with Gasteiger partial charge in [-0.05, 0) is 0 Å². The summed E-state index contributed by atoms with van der Waals surface area (Å²) >= 11 is 0. The van der Waals surface area contributed by atoms with Gasteiger partial charge in [0.05, 0.1) is 6.61 Å². The van der Waals surface area contributed by atoms with E-state index in [-0.39, 0.29) is 6.61 Å². The summed E-state index contributed by atoms with van der Waals surface area (Å²) in [6, 6.07) is 0. The van der Waals surface area contributed by atoms with Gasteiger partial charge in [0.25, 0.3) is 0 Å². The zero-order chi connectivity index (χ0) is 8.43. The van der Waals surface area contributed by atoms with Crippen LogP contribution in [0.1, 0.15) is 0 Å². The van der Waals surface area contributed by atoms with Gasteiger partial charge in [0.2, 0.25) is 0 Å². The molecule has 0 aromatic rings. The maximum atomic E-state index is 9.11. The maximum Gasteiger partial charge on any atom is 0.185 e. The van der Waals surface area contributed by atoms with Crippen LogP contribution in [-0.2, 0) is 9.57 Å². The summed E-state index contributed by atoms with van der Waals surface area (Å²) in [5.41, 5.74) is 0. The van der Waals surface area contributed by atoms with Crippen LogP contribution in [-0.4, -0.2) is 46.5 Å². The normalized spacial score (nSPS) is 45.8. The Morgan fingerprint density at radius 3 is 2.45 bits per heavy atom. The van der Waals surface area contributed by atoms with Crippen LogP contribution in [0.2, 0.25) is 0 Å². The molecule has 4 atom stereocenters. The van der Waals surface area contributed by atoms with Crippen LogP contribution in [0.15, 0.2) is 0 Å². The summed E-state index contributed by atoms with van der Waals surface area (Å²) in [5.74, 6) is 4.74. The molecule has 0 radical (unpaired) electrons. The first-order valence-electron chi connectivity index (χ1n) is 3.18. The third-order valence-corrected chi connectivity index (χ3v) is 1.61. The molecular formula is C5H11NO5. The number of aliphatic hydroxyl groups excluding tert-OH is 3. The Labute approximate surface area is 63.1 Å². The van der Waals surface area contributed by atoms with E-state index in [9.17, 15) is 0 Å². The van der Waals surface area contributed by atoms with Crippen molar-refractivity contribution in [2.45, 2.75) is 24.6 Å². The predicted molar refractivity (Wildman–Crippen MR) is 33.0 cm³/mol.